The van der Waals surface area contributed by atoms with Gasteiger partial charge in [0, 0.05) is 6.42 Å². The Morgan fingerprint density at radius 1 is 0.800 bits per heavy atom. The number of carboxylic acids is 1. The summed E-state index contributed by atoms with van der Waals surface area (Å²) < 4.78 is 4.74. The molecule has 0 saturated carbocycles. The summed E-state index contributed by atoms with van der Waals surface area (Å²) in [5.41, 5.74) is -0.240. The first-order valence-electron chi connectivity index (χ1n) is 13.5. The summed E-state index contributed by atoms with van der Waals surface area (Å²) in [6, 6.07) is 3.80. The Morgan fingerprint density at radius 2 is 1.26 bits per heavy atom. The molecule has 0 radical (unpaired) electrons. The SMILES string of the molecule is CCCCCCCCCCCCCCCC[N+](CC)(OC)OC.COc1ccc(C(=O)O)c([O-])c1. The molecule has 0 bridgehead atoms. The van der Waals surface area contributed by atoms with Crippen LogP contribution in [-0.4, -0.2) is 50.3 Å². The Hall–Kier alpha value is -1.83. The summed E-state index contributed by atoms with van der Waals surface area (Å²) in [5, 5.41) is 19.5. The monoisotopic (exact) mass is 497 g/mol. The van der Waals surface area contributed by atoms with Gasteiger partial charge >= 0.3 is 5.97 Å². The number of hydrogen-bond acceptors (Lipinski definition) is 5. The van der Waals surface area contributed by atoms with Gasteiger partial charge in [-0.3, -0.25) is 0 Å². The van der Waals surface area contributed by atoms with Crippen LogP contribution < -0.4 is 9.84 Å². The van der Waals surface area contributed by atoms with Crippen molar-refractivity contribution in [3.8, 4) is 11.5 Å². The van der Waals surface area contributed by atoms with Gasteiger partial charge in [0.05, 0.1) is 26.9 Å². The van der Waals surface area contributed by atoms with E-state index in [1.54, 1.807) is 14.2 Å². The molecule has 204 valence electrons. The van der Waals surface area contributed by atoms with Crippen LogP contribution in [0.25, 0.3) is 0 Å². The van der Waals surface area contributed by atoms with E-state index in [1.165, 1.54) is 109 Å². The number of methoxy groups -OCH3 is 1. The van der Waals surface area contributed by atoms with Gasteiger partial charge in [0.1, 0.15) is 18.8 Å². The fourth-order valence-corrected chi connectivity index (χ4v) is 4.03. The molecular formula is C28H51NO6. The van der Waals surface area contributed by atoms with Crippen molar-refractivity contribution >= 4 is 5.97 Å². The number of carboxylic acid groups (broad SMARTS) is 1. The van der Waals surface area contributed by atoms with E-state index in [0.29, 0.717) is 10.6 Å². The summed E-state index contributed by atoms with van der Waals surface area (Å²) in [7, 11) is 4.88. The van der Waals surface area contributed by atoms with Gasteiger partial charge < -0.3 is 14.9 Å². The molecular weight excluding hydrogens is 446 g/mol. The van der Waals surface area contributed by atoms with Crippen LogP contribution >= 0.6 is 0 Å². The van der Waals surface area contributed by atoms with Crippen molar-refractivity contribution in [3.05, 3.63) is 23.8 Å². The molecule has 0 atom stereocenters. The molecule has 1 aromatic carbocycles. The molecule has 0 aromatic heterocycles. The number of benzene rings is 1. The van der Waals surface area contributed by atoms with Gasteiger partial charge in [-0.2, -0.15) is 9.68 Å². The number of carbonyl (C=O) groups is 1. The minimum Gasteiger partial charge on any atom is -0.872 e. The van der Waals surface area contributed by atoms with E-state index in [1.807, 2.05) is 0 Å². The average molecular weight is 498 g/mol. The maximum Gasteiger partial charge on any atom is 0.335 e. The first-order valence-corrected chi connectivity index (χ1v) is 13.5. The predicted octanol–water partition coefficient (Wildman–Crippen LogP) is 6.89. The van der Waals surface area contributed by atoms with E-state index in [4.69, 9.17) is 19.5 Å². The highest BCUT2D eigenvalue weighted by molar-refractivity contribution is 5.90. The van der Waals surface area contributed by atoms with Crippen molar-refractivity contribution in [3.63, 3.8) is 0 Å². The second-order valence-electron chi connectivity index (χ2n) is 8.98. The molecule has 0 aliphatic rings. The molecule has 1 N–H and O–H groups in total. The van der Waals surface area contributed by atoms with Crippen LogP contribution in [0.4, 0.5) is 0 Å². The standard InChI is InChI=1S/C20H44NO2.C8H8O4/c1-5-7-8-9-10-11-12-13-14-15-16-17-18-19-20-21(6-2,22-3)23-4;1-12-5-2-3-6(8(10)11)7(9)4-5/h5-20H2,1-4H3;2-4,9H,1H3,(H,10,11)/q+1;/p-1. The number of ether oxygens (including phenoxy) is 1. The van der Waals surface area contributed by atoms with Gasteiger partial charge in [0.2, 0.25) is 0 Å². The Kier molecular flexibility index (Phi) is 20.3. The van der Waals surface area contributed by atoms with Crippen LogP contribution in [0.15, 0.2) is 18.2 Å². The zero-order valence-electron chi connectivity index (χ0n) is 23.0. The maximum atomic E-state index is 11.0. The van der Waals surface area contributed by atoms with Gasteiger partial charge in [-0.05, 0) is 36.4 Å². The Bertz CT molecular complexity index is 640. The van der Waals surface area contributed by atoms with Crippen molar-refractivity contribution in [2.75, 3.05) is 34.4 Å². The first kappa shape index (κ1) is 33.2. The lowest BCUT2D eigenvalue weighted by Gasteiger charge is -2.28. The van der Waals surface area contributed by atoms with Crippen molar-refractivity contribution in [2.45, 2.75) is 104 Å². The fourth-order valence-electron chi connectivity index (χ4n) is 4.03. The molecule has 0 amide bonds. The van der Waals surface area contributed by atoms with E-state index in [2.05, 4.69) is 13.8 Å². The van der Waals surface area contributed by atoms with Crippen LogP contribution in [0, 0.1) is 0 Å². The lowest BCUT2D eigenvalue weighted by Crippen LogP contribution is -2.46. The smallest absolute Gasteiger partial charge is 0.335 e. The van der Waals surface area contributed by atoms with Gasteiger partial charge in [0.25, 0.3) is 0 Å². The summed E-state index contributed by atoms with van der Waals surface area (Å²) in [6.45, 7) is 6.22. The number of hydrogen-bond donors (Lipinski definition) is 1. The molecule has 1 aromatic rings. The number of hydroxylamine groups is 4. The van der Waals surface area contributed by atoms with Gasteiger partial charge in [0.15, 0.2) is 0 Å². The molecule has 0 aliphatic carbocycles. The molecule has 0 unspecified atom stereocenters. The lowest BCUT2D eigenvalue weighted by molar-refractivity contribution is -1.24. The summed E-state index contributed by atoms with van der Waals surface area (Å²) >= 11 is 0. The predicted molar refractivity (Wildman–Crippen MR) is 139 cm³/mol. The minimum absolute atomic E-state index is 0.240. The highest BCUT2D eigenvalue weighted by Gasteiger charge is 2.25. The third-order valence-electron chi connectivity index (χ3n) is 6.42. The highest BCUT2D eigenvalue weighted by atomic mass is 17.0. The van der Waals surface area contributed by atoms with Crippen LogP contribution in [0.1, 0.15) is 114 Å². The Labute approximate surface area is 213 Å². The molecule has 7 nitrogen and oxygen atoms in total. The number of unbranched alkanes of at least 4 members (excludes halogenated alkanes) is 13. The summed E-state index contributed by atoms with van der Waals surface area (Å²) in [4.78, 5) is 21.6. The normalized spacial score (nSPS) is 11.1. The second-order valence-corrected chi connectivity index (χ2v) is 8.98. The van der Waals surface area contributed by atoms with Gasteiger partial charge in [-0.1, -0.05) is 89.7 Å². The molecule has 0 aliphatic heterocycles. The topological polar surface area (TPSA) is 88.1 Å². The van der Waals surface area contributed by atoms with E-state index in [0.717, 1.165) is 19.2 Å². The van der Waals surface area contributed by atoms with Crippen LogP contribution in [0.3, 0.4) is 0 Å². The van der Waals surface area contributed by atoms with Crippen molar-refractivity contribution in [1.29, 1.82) is 0 Å². The van der Waals surface area contributed by atoms with Crippen molar-refractivity contribution in [2.24, 2.45) is 0 Å². The van der Waals surface area contributed by atoms with E-state index < -0.39 is 11.7 Å². The van der Waals surface area contributed by atoms with Gasteiger partial charge in [-0.15, -0.1) is 0 Å². The number of rotatable bonds is 20. The lowest BCUT2D eigenvalue weighted by atomic mass is 10.0. The maximum absolute atomic E-state index is 11.0. The number of nitrogens with zero attached hydrogens (tertiary/aromatic N) is 1. The molecule has 0 saturated heterocycles. The average Bonchev–Trinajstić information content (AvgIpc) is 2.87. The first-order chi connectivity index (χ1) is 16.9. The van der Waals surface area contributed by atoms with E-state index in [9.17, 15) is 9.90 Å². The highest BCUT2D eigenvalue weighted by Crippen LogP contribution is 2.20. The molecule has 7 heteroatoms. The molecule has 0 spiro atoms. The zero-order chi connectivity index (χ0) is 26.4. The quantitative estimate of drug-likeness (QED) is 0.120. The van der Waals surface area contributed by atoms with Crippen LogP contribution in [0.5, 0.6) is 11.5 Å². The third kappa shape index (κ3) is 15.7. The van der Waals surface area contributed by atoms with Crippen molar-refractivity contribution in [1.82, 2.24) is 0 Å². The minimum atomic E-state index is -1.22. The Balaban J connectivity index is 0.000000801. The fraction of sp³-hybridized carbons (Fsp3) is 0.750. The number of aromatic carboxylic acids is 1. The van der Waals surface area contributed by atoms with E-state index in [-0.39, 0.29) is 5.56 Å². The molecule has 35 heavy (non-hydrogen) atoms. The molecule has 0 heterocycles. The van der Waals surface area contributed by atoms with Crippen LogP contribution in [0.2, 0.25) is 0 Å². The van der Waals surface area contributed by atoms with Gasteiger partial charge in [-0.25, -0.2) is 4.79 Å². The largest absolute Gasteiger partial charge is 0.872 e. The second kappa shape index (κ2) is 21.5. The van der Waals surface area contributed by atoms with Crippen molar-refractivity contribution < 1.29 is 34.2 Å². The molecule has 0 fully saturated rings. The Morgan fingerprint density at radius 3 is 1.60 bits per heavy atom. The van der Waals surface area contributed by atoms with E-state index >= 15 is 0 Å². The summed E-state index contributed by atoms with van der Waals surface area (Å²) in [6.07, 6.45) is 19.6. The summed E-state index contributed by atoms with van der Waals surface area (Å²) in [5.74, 6) is -1.39. The van der Waals surface area contributed by atoms with Crippen LogP contribution in [-0.2, 0) is 9.68 Å². The third-order valence-corrected chi connectivity index (χ3v) is 6.42. The zero-order valence-corrected chi connectivity index (χ0v) is 23.0. The number of quaternary nitrogens is 1. The molecule has 1 rings (SSSR count).